The average Bonchev–Trinajstić information content (AvgIpc) is 1.72. The molecule has 704 valence electrons. The number of aliphatic carboxylic acids is 1. The number of amides is 17. The van der Waals surface area contributed by atoms with Gasteiger partial charge in [-0.1, -0.05) is 95.5 Å². The molecule has 44 heteroatoms. The Bertz CT molecular complexity index is 4860. The zero-order valence-corrected chi connectivity index (χ0v) is 73.6. The van der Waals surface area contributed by atoms with Gasteiger partial charge in [0, 0.05) is 107 Å². The van der Waals surface area contributed by atoms with Crippen molar-refractivity contribution in [1.29, 1.82) is 0 Å². The minimum atomic E-state index is -1.92. The lowest BCUT2D eigenvalue weighted by atomic mass is 10.00. The van der Waals surface area contributed by atoms with Crippen molar-refractivity contribution in [1.82, 2.24) is 82.7 Å². The number of carbonyl (C=O) groups is 18. The van der Waals surface area contributed by atoms with Crippen molar-refractivity contribution in [2.75, 3.05) is 72.0 Å². The monoisotopic (exact) mass is 1840 g/mol. The summed E-state index contributed by atoms with van der Waals surface area (Å²) >= 11 is 2.07. The average molecular weight is 1840 g/mol. The van der Waals surface area contributed by atoms with Crippen molar-refractivity contribution in [3.8, 4) is 5.75 Å². The van der Waals surface area contributed by atoms with Crippen molar-refractivity contribution >= 4 is 150 Å². The van der Waals surface area contributed by atoms with Crippen LogP contribution in [0, 0.1) is 0 Å². The highest BCUT2D eigenvalue weighted by molar-refractivity contribution is 8.00. The number of carboxylic acid groups (broad SMARTS) is 1. The number of para-hydroxylation sites is 1. The van der Waals surface area contributed by atoms with E-state index in [1.807, 2.05) is 19.9 Å². The van der Waals surface area contributed by atoms with Gasteiger partial charge in [0.25, 0.3) is 0 Å². The molecule has 3 fully saturated rings. The molecule has 23 N–H and O–H groups in total. The zero-order chi connectivity index (χ0) is 93.9. The Morgan fingerprint density at radius 2 is 1.09 bits per heavy atom. The number of phenolic OH excluding ortho intramolecular Hbond substituents is 1. The molecule has 0 spiro atoms. The number of likely N-dealkylation sites (N-methyl/N-ethyl adjacent to an activating group) is 3. The highest BCUT2D eigenvalue weighted by atomic mass is 32.2. The fourth-order valence-corrected chi connectivity index (χ4v) is 17.2. The lowest BCUT2D eigenvalue weighted by molar-refractivity contribution is -0.149. The number of fused-ring (bicyclic) bond motifs is 4. The topological polar surface area (TPSA) is 645 Å². The summed E-state index contributed by atoms with van der Waals surface area (Å²) in [6.45, 7) is 0.959. The molecule has 2 aromatic heterocycles. The van der Waals surface area contributed by atoms with E-state index < -0.39 is 267 Å². The number of carboxylic acids is 1. The second kappa shape index (κ2) is 49.2. The number of carbonyl (C=O) groups excluding carboxylic acids is 17. The number of aliphatic hydroxyl groups is 2. The molecule has 5 heterocycles. The van der Waals surface area contributed by atoms with E-state index in [2.05, 4.69) is 58.2 Å². The van der Waals surface area contributed by atoms with Gasteiger partial charge in [-0.05, 0) is 90.7 Å². The van der Waals surface area contributed by atoms with Crippen LogP contribution >= 0.6 is 23.1 Å². The van der Waals surface area contributed by atoms with Gasteiger partial charge >= 0.3 is 5.97 Å². The molecule has 3 aromatic carbocycles. The number of unbranched alkanes of at least 4 members (excludes halogenated alkanes) is 2. The summed E-state index contributed by atoms with van der Waals surface area (Å²) in [5, 5.41) is 70.8. The van der Waals surface area contributed by atoms with E-state index in [0.717, 1.165) is 41.0 Å². The number of phenols is 1. The number of primary amides is 2. The van der Waals surface area contributed by atoms with Gasteiger partial charge < -0.3 is 126 Å². The molecule has 0 aliphatic carbocycles. The summed E-state index contributed by atoms with van der Waals surface area (Å²) in [6.07, 6.45) is -1.94. The van der Waals surface area contributed by atoms with Gasteiger partial charge in [0.15, 0.2) is 0 Å². The predicted molar refractivity (Wildman–Crippen MR) is 474 cm³/mol. The lowest BCUT2D eigenvalue weighted by Gasteiger charge is -2.36. The Morgan fingerprint density at radius 3 is 1.74 bits per heavy atom. The molecule has 0 bridgehead atoms. The third-order valence-corrected chi connectivity index (χ3v) is 24.7. The molecule has 15 atom stereocenters. The number of aromatic amines is 1. The minimum absolute atomic E-state index is 0. The molecule has 3 aliphatic heterocycles. The molecule has 0 saturated carbocycles. The maximum absolute atomic E-state index is 15.6. The van der Waals surface area contributed by atoms with Crippen LogP contribution in [0.15, 0.2) is 84.4 Å². The lowest BCUT2D eigenvalue weighted by Crippen LogP contribution is -2.62. The van der Waals surface area contributed by atoms with Crippen molar-refractivity contribution in [3.63, 3.8) is 0 Å². The maximum atomic E-state index is 15.6. The van der Waals surface area contributed by atoms with Crippen molar-refractivity contribution in [3.05, 3.63) is 101 Å². The van der Waals surface area contributed by atoms with Crippen LogP contribution in [0.2, 0.25) is 0 Å². The Balaban J connectivity index is 0.0000228. The van der Waals surface area contributed by atoms with Crippen molar-refractivity contribution < 1.29 is 107 Å². The number of benzene rings is 3. The van der Waals surface area contributed by atoms with Crippen LogP contribution in [0.5, 0.6) is 5.75 Å². The largest absolute Gasteiger partial charge is 0.508 e. The first kappa shape index (κ1) is 104. The van der Waals surface area contributed by atoms with E-state index in [0.29, 0.717) is 58.7 Å². The van der Waals surface area contributed by atoms with E-state index in [9.17, 15) is 78.0 Å². The highest BCUT2D eigenvalue weighted by Crippen LogP contribution is 2.30. The second-order valence-electron chi connectivity index (χ2n) is 31.9. The highest BCUT2D eigenvalue weighted by Gasteiger charge is 2.47. The maximum Gasteiger partial charge on any atom is 0.303 e. The molecule has 3 saturated heterocycles. The number of nitrogens with one attached hydrogen (secondary N) is 11. The van der Waals surface area contributed by atoms with E-state index in [1.54, 1.807) is 54.0 Å². The molecule has 3 aliphatic rings. The van der Waals surface area contributed by atoms with E-state index in [4.69, 9.17) is 22.9 Å². The number of aliphatic hydroxyl groups excluding tert-OH is 2. The summed E-state index contributed by atoms with van der Waals surface area (Å²) in [6, 6.07) is -3.27. The number of rotatable bonds is 23. The summed E-state index contributed by atoms with van der Waals surface area (Å²) in [7, 11) is 3.84. The molecule has 17 amide bonds. The SMILES string of the molecule is C.CCCC[C@H]1C(=O)N(C)[C@@H](CCCC)C(=O)N[C@@H](CN)C(=O)N[C@H](C(=O)NCC(N)=O)CSCC(=O)N[C@@H](Cc2ccc(O)cc2)C(=O)N(C)[C@@H](C)C(=O)N[C@@H](CC(N)=O)C(=O)N2CCC[C@H]2C(=O)N[C@@H](CN)C(=O)N[C@@H](CCC(=O)O)C(=O)N2C[C@H](O)C[C@H]2C(=O)N[C@@H](Cc2c[nH]c3ccccc23)C(=O)N[C@@H](CO)C(=O)N[C@@H](Cc2csc3ccccc23)C(=O)N1C. The number of nitrogens with zero attached hydrogens (tertiary/aromatic N) is 5. The number of aromatic nitrogens is 1. The molecule has 42 nitrogen and oxygen atoms in total. The van der Waals surface area contributed by atoms with E-state index >= 15 is 28.8 Å². The van der Waals surface area contributed by atoms with Crippen LogP contribution in [-0.4, -0.2) is 319 Å². The zero-order valence-electron chi connectivity index (χ0n) is 72.0. The Morgan fingerprint density at radius 1 is 0.550 bits per heavy atom. The van der Waals surface area contributed by atoms with Gasteiger partial charge in [0.1, 0.15) is 90.3 Å². The van der Waals surface area contributed by atoms with Crippen molar-refractivity contribution in [2.45, 2.75) is 215 Å². The smallest absolute Gasteiger partial charge is 0.303 e. The normalized spacial score (nSPS) is 25.3. The van der Waals surface area contributed by atoms with E-state index in [-0.39, 0.29) is 64.7 Å². The number of thiophene rings is 1. The Hall–Kier alpha value is -12.4. The standard InChI is InChI=1S/C84H116N20O22S2.CH4/c1-7-9-19-62-77(119)96-59(36-86)75(117)99-61(72(114)90-38-68(88)109)42-127-43-69(110)91-55(30-45-23-25-48(106)26-24-45)80(122)100(4)44(3)71(113)94-57(34-67(87)108)83(125)103-29-15-21-63(103)78(120)97-58(35-85)74(116)92-53(27-28-70(111)112)82(124)104-39-49(107)33-65(104)79(121)93-54(31-46-37-89-52-18-13-11-16-50(46)52)73(115)98-60(40-105)76(118)95-56(32-47-41-128-66-22-14-12-17-51(47)66)81(123)102(6)64(20-10-8-2)84(126)101(62)5;/h11-14,16-18,22-26,37,41,44,49,53-65,89,105-107H,7-10,15,19-21,27-36,38-40,42-43,85-86H2,1-6H3,(H2,87,108)(H2,88,109)(H,90,114)(H,91,110)(H,92,116)(H,93,121)(H,94,113)(H,95,118)(H,96,119)(H,97,120)(H,98,115)(H,99,117)(H,111,112);1H4/t44-,49+,53-,54-,55-,56-,57-,58-,59-,60-,61-,62-,63-,64-,65-;/m0./s1. The summed E-state index contributed by atoms with van der Waals surface area (Å²) in [5.74, 6) is -19.8. The third-order valence-electron chi connectivity index (χ3n) is 22.7. The first-order chi connectivity index (χ1) is 60.9. The quantitative estimate of drug-likeness (QED) is 0.0296. The number of thioether (sulfide) groups is 1. The molecule has 5 aromatic rings. The summed E-state index contributed by atoms with van der Waals surface area (Å²) in [5.41, 5.74) is 25.3. The van der Waals surface area contributed by atoms with Crippen molar-refractivity contribution in [2.24, 2.45) is 22.9 Å². The number of hydrogen-bond donors (Lipinski definition) is 19. The minimum Gasteiger partial charge on any atom is -0.508 e. The number of nitrogens with two attached hydrogens (primary N) is 4. The predicted octanol–water partition coefficient (Wildman–Crippen LogP) is -4.05. The molecular formula is C85H120N20O22S2. The van der Waals surface area contributed by atoms with Gasteiger partial charge in [-0.25, -0.2) is 0 Å². The molecular weight excluding hydrogens is 1720 g/mol. The third kappa shape index (κ3) is 28.3. The van der Waals surface area contributed by atoms with Crippen LogP contribution in [0.3, 0.4) is 0 Å². The fraction of sp³-hybridized carbons (Fsp3) is 0.529. The van der Waals surface area contributed by atoms with Crippen LogP contribution in [-0.2, 0) is 106 Å². The van der Waals surface area contributed by atoms with Crippen LogP contribution in [0.4, 0.5) is 0 Å². The Kier molecular flexibility index (Phi) is 39.6. The Labute approximate surface area is 753 Å². The second-order valence-corrected chi connectivity index (χ2v) is 33.8. The van der Waals surface area contributed by atoms with Crippen LogP contribution in [0.1, 0.15) is 122 Å². The van der Waals surface area contributed by atoms with Gasteiger partial charge in [-0.3, -0.25) is 86.3 Å². The van der Waals surface area contributed by atoms with Gasteiger partial charge in [0.2, 0.25) is 100 Å². The number of H-pyrrole nitrogens is 1. The molecule has 0 unspecified atom stereocenters. The van der Waals surface area contributed by atoms with Crippen LogP contribution < -0.4 is 76.1 Å². The van der Waals surface area contributed by atoms with E-state index in [1.165, 1.54) is 63.7 Å². The summed E-state index contributed by atoms with van der Waals surface area (Å²) < 4.78 is 0.797. The number of aromatic hydroxyl groups is 1. The van der Waals surface area contributed by atoms with Gasteiger partial charge in [-0.2, -0.15) is 0 Å². The molecule has 129 heavy (non-hydrogen) atoms. The van der Waals surface area contributed by atoms with Gasteiger partial charge in [0.05, 0.1) is 31.4 Å². The molecule has 0 radical (unpaired) electrons. The number of hydrogen-bond acceptors (Lipinski definition) is 25. The summed E-state index contributed by atoms with van der Waals surface area (Å²) in [4.78, 5) is 266. The first-order valence-corrected chi connectivity index (χ1v) is 44.2. The van der Waals surface area contributed by atoms with Crippen LogP contribution in [0.25, 0.3) is 21.0 Å². The van der Waals surface area contributed by atoms with Gasteiger partial charge in [-0.15, -0.1) is 23.1 Å². The fourth-order valence-electron chi connectivity index (χ4n) is 15.4. The molecule has 8 rings (SSSR count). The first-order valence-electron chi connectivity index (χ1n) is 42.2.